The lowest BCUT2D eigenvalue weighted by Gasteiger charge is -2.13. The molecule has 0 saturated heterocycles. The van der Waals surface area contributed by atoms with Gasteiger partial charge in [-0.3, -0.25) is 19.1 Å². The first kappa shape index (κ1) is 19.5. The van der Waals surface area contributed by atoms with Crippen LogP contribution in [0.15, 0.2) is 64.9 Å². The second kappa shape index (κ2) is 7.99. The smallest absolute Gasteiger partial charge is 0.265 e. The van der Waals surface area contributed by atoms with Crippen molar-refractivity contribution < 1.29 is 4.79 Å². The Hall–Kier alpha value is -3.46. The van der Waals surface area contributed by atoms with Gasteiger partial charge in [0.1, 0.15) is 5.39 Å². The summed E-state index contributed by atoms with van der Waals surface area (Å²) in [6, 6.07) is 11.4. The van der Waals surface area contributed by atoms with Crippen LogP contribution in [-0.2, 0) is 11.3 Å². The monoisotopic (exact) mass is 432 g/mol. The third-order valence-corrected chi connectivity index (χ3v) is 6.41. The van der Waals surface area contributed by atoms with Crippen LogP contribution >= 0.6 is 11.8 Å². The molecule has 31 heavy (non-hydrogen) atoms. The van der Waals surface area contributed by atoms with Crippen LogP contribution in [0.2, 0.25) is 0 Å². The number of fused-ring (bicyclic) bond motifs is 2. The van der Waals surface area contributed by atoms with Crippen molar-refractivity contribution in [2.45, 2.75) is 31.1 Å². The average Bonchev–Trinajstić information content (AvgIpc) is 3.39. The summed E-state index contributed by atoms with van der Waals surface area (Å²) >= 11 is 1.49. The molecule has 3 aromatic heterocycles. The number of amides is 1. The molecule has 1 unspecified atom stereocenters. The number of nitrogens with zero attached hydrogens (tertiary/aromatic N) is 5. The second-order valence-corrected chi connectivity index (χ2v) is 8.49. The van der Waals surface area contributed by atoms with E-state index in [0.29, 0.717) is 28.5 Å². The van der Waals surface area contributed by atoms with Crippen molar-refractivity contribution in [2.24, 2.45) is 0 Å². The molecule has 4 aromatic rings. The largest absolute Gasteiger partial charge is 0.352 e. The molecule has 0 radical (unpaired) electrons. The van der Waals surface area contributed by atoms with E-state index >= 15 is 0 Å². The molecule has 5 rings (SSSR count). The summed E-state index contributed by atoms with van der Waals surface area (Å²) < 4.78 is 3.33. The standard InChI is InChI=1S/C22H20N6O2S/c1-14-2-4-16(5-3-14)28-20-18(12-25-28)21(30)27-17(13-31-22(27)26-20)10-19(29)24-11-15-6-8-23-9-7-15/h2-9,12,17H,10-11,13H2,1H3,(H,24,29). The zero-order chi connectivity index (χ0) is 21.4. The van der Waals surface area contributed by atoms with Crippen LogP contribution in [0.25, 0.3) is 16.7 Å². The fraction of sp³-hybridized carbons (Fsp3) is 0.227. The summed E-state index contributed by atoms with van der Waals surface area (Å²) in [6.07, 6.45) is 5.17. The maximum atomic E-state index is 13.2. The molecular weight excluding hydrogens is 412 g/mol. The predicted molar refractivity (Wildman–Crippen MR) is 118 cm³/mol. The van der Waals surface area contributed by atoms with Crippen molar-refractivity contribution in [1.29, 1.82) is 0 Å². The summed E-state index contributed by atoms with van der Waals surface area (Å²) in [7, 11) is 0. The molecule has 1 aliphatic heterocycles. The van der Waals surface area contributed by atoms with Gasteiger partial charge in [-0.05, 0) is 36.8 Å². The van der Waals surface area contributed by atoms with Crippen LogP contribution in [0.1, 0.15) is 23.6 Å². The Labute approximate surface area is 182 Å². The fourth-order valence-corrected chi connectivity index (χ4v) is 4.77. The highest BCUT2D eigenvalue weighted by Gasteiger charge is 2.29. The Morgan fingerprint density at radius 3 is 2.74 bits per heavy atom. The molecule has 9 heteroatoms. The molecule has 1 atom stereocenters. The first-order valence-electron chi connectivity index (χ1n) is 9.96. The van der Waals surface area contributed by atoms with Crippen molar-refractivity contribution in [3.63, 3.8) is 0 Å². The number of carbonyl (C=O) groups is 1. The summed E-state index contributed by atoms with van der Waals surface area (Å²) in [5, 5.41) is 8.38. The van der Waals surface area contributed by atoms with Crippen molar-refractivity contribution >= 4 is 28.7 Å². The lowest BCUT2D eigenvalue weighted by Crippen LogP contribution is -2.30. The van der Waals surface area contributed by atoms with E-state index in [-0.39, 0.29) is 23.9 Å². The Balaban J connectivity index is 1.39. The normalized spacial score (nSPS) is 15.2. The SMILES string of the molecule is Cc1ccc(-n2ncc3c(=O)n4c(nc32)SCC4CC(=O)NCc2ccncc2)cc1. The summed E-state index contributed by atoms with van der Waals surface area (Å²) in [5.41, 5.74) is 3.36. The zero-order valence-corrected chi connectivity index (χ0v) is 17.7. The fourth-order valence-electron chi connectivity index (χ4n) is 3.64. The van der Waals surface area contributed by atoms with Crippen LogP contribution in [0, 0.1) is 6.92 Å². The zero-order valence-electron chi connectivity index (χ0n) is 16.9. The average molecular weight is 433 g/mol. The summed E-state index contributed by atoms with van der Waals surface area (Å²) in [6.45, 7) is 2.45. The Morgan fingerprint density at radius 2 is 1.97 bits per heavy atom. The molecule has 0 saturated carbocycles. The highest BCUT2D eigenvalue weighted by atomic mass is 32.2. The molecular formula is C22H20N6O2S. The number of rotatable bonds is 5. The molecule has 8 nitrogen and oxygen atoms in total. The van der Waals surface area contributed by atoms with E-state index in [1.54, 1.807) is 27.8 Å². The number of aromatic nitrogens is 5. The molecule has 4 heterocycles. The third kappa shape index (κ3) is 3.72. The van der Waals surface area contributed by atoms with E-state index in [2.05, 4.69) is 15.4 Å². The van der Waals surface area contributed by atoms with Gasteiger partial charge in [-0.25, -0.2) is 9.67 Å². The maximum Gasteiger partial charge on any atom is 0.265 e. The maximum absolute atomic E-state index is 13.2. The van der Waals surface area contributed by atoms with Gasteiger partial charge < -0.3 is 5.32 Å². The van der Waals surface area contributed by atoms with Crippen LogP contribution in [-0.4, -0.2) is 36.0 Å². The number of carbonyl (C=O) groups excluding carboxylic acids is 1. The van der Waals surface area contributed by atoms with Gasteiger partial charge in [0.15, 0.2) is 10.8 Å². The molecule has 156 valence electrons. The van der Waals surface area contributed by atoms with Gasteiger partial charge in [-0.15, -0.1) is 0 Å². The van der Waals surface area contributed by atoms with Crippen LogP contribution in [0.5, 0.6) is 0 Å². The van der Waals surface area contributed by atoms with Crippen LogP contribution in [0.4, 0.5) is 0 Å². The minimum absolute atomic E-state index is 0.0994. The minimum Gasteiger partial charge on any atom is -0.352 e. The third-order valence-electron chi connectivity index (χ3n) is 5.31. The summed E-state index contributed by atoms with van der Waals surface area (Å²) in [5.74, 6) is 0.535. The highest BCUT2D eigenvalue weighted by molar-refractivity contribution is 7.99. The molecule has 1 aliphatic rings. The molecule has 0 fully saturated rings. The van der Waals surface area contributed by atoms with Crippen molar-refractivity contribution in [3.8, 4) is 5.69 Å². The predicted octanol–water partition coefficient (Wildman–Crippen LogP) is 2.64. The first-order valence-corrected chi connectivity index (χ1v) is 10.9. The molecule has 1 aromatic carbocycles. The van der Waals surface area contributed by atoms with Gasteiger partial charge in [0.2, 0.25) is 5.91 Å². The van der Waals surface area contributed by atoms with E-state index in [9.17, 15) is 9.59 Å². The first-order chi connectivity index (χ1) is 15.1. The molecule has 1 amide bonds. The summed E-state index contributed by atoms with van der Waals surface area (Å²) in [4.78, 5) is 34.4. The number of aryl methyl sites for hydroxylation is 1. The van der Waals surface area contributed by atoms with E-state index in [0.717, 1.165) is 16.8 Å². The van der Waals surface area contributed by atoms with Gasteiger partial charge in [0.05, 0.1) is 17.9 Å². The molecule has 0 aliphatic carbocycles. The lowest BCUT2D eigenvalue weighted by atomic mass is 10.2. The lowest BCUT2D eigenvalue weighted by molar-refractivity contribution is -0.121. The molecule has 0 spiro atoms. The van der Waals surface area contributed by atoms with E-state index in [4.69, 9.17) is 4.98 Å². The number of hydrogen-bond acceptors (Lipinski definition) is 6. The van der Waals surface area contributed by atoms with Crippen molar-refractivity contribution in [3.05, 3.63) is 76.5 Å². The van der Waals surface area contributed by atoms with Crippen LogP contribution in [0.3, 0.4) is 0 Å². The van der Waals surface area contributed by atoms with E-state index < -0.39 is 0 Å². The van der Waals surface area contributed by atoms with Gasteiger partial charge >= 0.3 is 0 Å². The Bertz CT molecular complexity index is 1310. The van der Waals surface area contributed by atoms with Gasteiger partial charge in [-0.2, -0.15) is 5.10 Å². The topological polar surface area (TPSA) is 94.7 Å². The minimum atomic E-state index is -0.232. The quantitative estimate of drug-likeness (QED) is 0.487. The number of nitrogens with one attached hydrogen (secondary N) is 1. The van der Waals surface area contributed by atoms with E-state index in [1.165, 1.54) is 11.8 Å². The van der Waals surface area contributed by atoms with Crippen molar-refractivity contribution in [1.82, 2.24) is 29.6 Å². The molecule has 1 N–H and O–H groups in total. The van der Waals surface area contributed by atoms with Crippen molar-refractivity contribution in [2.75, 3.05) is 5.75 Å². The van der Waals surface area contributed by atoms with Gasteiger partial charge in [0.25, 0.3) is 5.56 Å². The molecule has 0 bridgehead atoms. The second-order valence-electron chi connectivity index (χ2n) is 7.50. The number of benzene rings is 1. The van der Waals surface area contributed by atoms with E-state index in [1.807, 2.05) is 43.3 Å². The number of thioether (sulfide) groups is 1. The number of hydrogen-bond donors (Lipinski definition) is 1. The Kier molecular flexibility index (Phi) is 5.03. The van der Waals surface area contributed by atoms with Gasteiger partial charge in [0, 0.05) is 31.1 Å². The highest BCUT2D eigenvalue weighted by Crippen LogP contribution is 2.33. The number of pyridine rings is 1. The van der Waals surface area contributed by atoms with Gasteiger partial charge in [-0.1, -0.05) is 29.5 Å². The Morgan fingerprint density at radius 1 is 1.19 bits per heavy atom. The van der Waals surface area contributed by atoms with Crippen LogP contribution < -0.4 is 10.9 Å².